The van der Waals surface area contributed by atoms with Crippen molar-refractivity contribution in [3.8, 4) is 0 Å². The molecule has 1 amide bonds. The summed E-state index contributed by atoms with van der Waals surface area (Å²) in [6, 6.07) is 3.72. The Morgan fingerprint density at radius 2 is 1.82 bits per heavy atom. The van der Waals surface area contributed by atoms with Gasteiger partial charge in [-0.25, -0.2) is 17.7 Å². The van der Waals surface area contributed by atoms with Crippen molar-refractivity contribution in [1.29, 1.82) is 0 Å². The minimum Gasteiger partial charge on any atom is -0.353 e. The standard InChI is InChI=1S/C19H29ClN4O3S/c1-2-3-14-28(26,27)24-8-6-16(7-9-24)19(25)23-12-10-22(11-13-23)18-5-4-17(20)15-21-18/h4-5,15-16H,2-3,6-14H2,1H3. The highest BCUT2D eigenvalue weighted by molar-refractivity contribution is 7.89. The van der Waals surface area contributed by atoms with Gasteiger partial charge in [0.15, 0.2) is 0 Å². The van der Waals surface area contributed by atoms with Crippen molar-refractivity contribution in [3.63, 3.8) is 0 Å². The van der Waals surface area contributed by atoms with Crippen molar-refractivity contribution < 1.29 is 13.2 Å². The van der Waals surface area contributed by atoms with Gasteiger partial charge in [0.1, 0.15) is 5.82 Å². The third-order valence-electron chi connectivity index (χ3n) is 5.58. The third kappa shape index (κ3) is 5.15. The Labute approximate surface area is 172 Å². The Hall–Kier alpha value is -1.38. The minimum atomic E-state index is -3.18. The fraction of sp³-hybridized carbons (Fsp3) is 0.684. The zero-order valence-corrected chi connectivity index (χ0v) is 18.0. The number of anilines is 1. The van der Waals surface area contributed by atoms with Gasteiger partial charge in [0, 0.05) is 51.4 Å². The number of piperidine rings is 1. The molecule has 3 rings (SSSR count). The normalized spacial score (nSPS) is 19.8. The first-order valence-electron chi connectivity index (χ1n) is 10.0. The molecule has 0 unspecified atom stereocenters. The van der Waals surface area contributed by atoms with Crippen LogP contribution in [0.15, 0.2) is 18.3 Å². The molecule has 0 radical (unpaired) electrons. The van der Waals surface area contributed by atoms with Gasteiger partial charge in [-0.1, -0.05) is 24.9 Å². The van der Waals surface area contributed by atoms with Crippen molar-refractivity contribution in [1.82, 2.24) is 14.2 Å². The Bertz CT molecular complexity index is 756. The smallest absolute Gasteiger partial charge is 0.225 e. The van der Waals surface area contributed by atoms with Gasteiger partial charge in [0.2, 0.25) is 15.9 Å². The van der Waals surface area contributed by atoms with Crippen LogP contribution < -0.4 is 4.90 Å². The summed E-state index contributed by atoms with van der Waals surface area (Å²) in [6.45, 7) is 5.71. The Morgan fingerprint density at radius 3 is 2.39 bits per heavy atom. The van der Waals surface area contributed by atoms with Crippen LogP contribution in [-0.4, -0.2) is 73.5 Å². The molecule has 0 aliphatic carbocycles. The van der Waals surface area contributed by atoms with Gasteiger partial charge in [-0.15, -0.1) is 0 Å². The number of carbonyl (C=O) groups is 1. The monoisotopic (exact) mass is 428 g/mol. The van der Waals surface area contributed by atoms with E-state index in [1.54, 1.807) is 10.5 Å². The SMILES string of the molecule is CCCCS(=O)(=O)N1CCC(C(=O)N2CCN(c3ccc(Cl)cn3)CC2)CC1. The molecule has 1 aromatic rings. The van der Waals surface area contributed by atoms with E-state index in [9.17, 15) is 13.2 Å². The summed E-state index contributed by atoms with van der Waals surface area (Å²) >= 11 is 5.89. The Balaban J connectivity index is 1.48. The van der Waals surface area contributed by atoms with E-state index in [4.69, 9.17) is 11.6 Å². The molecule has 0 N–H and O–H groups in total. The maximum atomic E-state index is 12.9. The van der Waals surface area contributed by atoms with E-state index in [0.717, 1.165) is 25.3 Å². The van der Waals surface area contributed by atoms with Crippen molar-refractivity contribution in [2.45, 2.75) is 32.6 Å². The van der Waals surface area contributed by atoms with Gasteiger partial charge < -0.3 is 9.80 Å². The number of carbonyl (C=O) groups excluding carboxylic acids is 1. The first-order chi connectivity index (χ1) is 13.4. The second kappa shape index (κ2) is 9.41. The number of unbranched alkanes of at least 4 members (excludes halogenated alkanes) is 1. The minimum absolute atomic E-state index is 0.0715. The fourth-order valence-corrected chi connectivity index (χ4v) is 5.60. The predicted octanol–water partition coefficient (Wildman–Crippen LogP) is 2.23. The summed E-state index contributed by atoms with van der Waals surface area (Å²) in [5, 5.41) is 0.612. The van der Waals surface area contributed by atoms with Crippen molar-refractivity contribution in [2.24, 2.45) is 5.92 Å². The lowest BCUT2D eigenvalue weighted by Crippen LogP contribution is -2.52. The summed E-state index contributed by atoms with van der Waals surface area (Å²) in [5.74, 6) is 1.18. The lowest BCUT2D eigenvalue weighted by Gasteiger charge is -2.38. The summed E-state index contributed by atoms with van der Waals surface area (Å²) < 4.78 is 26.2. The molecule has 156 valence electrons. The number of piperazine rings is 1. The van der Waals surface area contributed by atoms with Crippen LogP contribution in [0.4, 0.5) is 5.82 Å². The molecule has 2 saturated heterocycles. The number of pyridine rings is 1. The number of aromatic nitrogens is 1. The maximum absolute atomic E-state index is 12.9. The summed E-state index contributed by atoms with van der Waals surface area (Å²) in [4.78, 5) is 21.3. The van der Waals surface area contributed by atoms with Gasteiger partial charge in [-0.2, -0.15) is 0 Å². The molecule has 28 heavy (non-hydrogen) atoms. The lowest BCUT2D eigenvalue weighted by atomic mass is 9.96. The average molecular weight is 429 g/mol. The van der Waals surface area contributed by atoms with Gasteiger partial charge >= 0.3 is 0 Å². The molecule has 2 aliphatic rings. The van der Waals surface area contributed by atoms with Crippen LogP contribution in [0.1, 0.15) is 32.6 Å². The van der Waals surface area contributed by atoms with E-state index in [0.29, 0.717) is 50.5 Å². The van der Waals surface area contributed by atoms with Crippen molar-refractivity contribution in [2.75, 3.05) is 49.9 Å². The molecule has 7 nitrogen and oxygen atoms in total. The molecular formula is C19H29ClN4O3S. The van der Waals surface area contributed by atoms with Gasteiger partial charge in [-0.05, 0) is 31.4 Å². The number of amides is 1. The molecule has 0 aromatic carbocycles. The number of hydrogen-bond donors (Lipinski definition) is 0. The summed E-state index contributed by atoms with van der Waals surface area (Å²) in [5.41, 5.74) is 0. The van der Waals surface area contributed by atoms with E-state index < -0.39 is 10.0 Å². The van der Waals surface area contributed by atoms with Crippen LogP contribution in [0.3, 0.4) is 0 Å². The molecule has 2 aliphatic heterocycles. The largest absolute Gasteiger partial charge is 0.353 e. The molecular weight excluding hydrogens is 400 g/mol. The highest BCUT2D eigenvalue weighted by Gasteiger charge is 2.33. The van der Waals surface area contributed by atoms with Crippen LogP contribution in [0.5, 0.6) is 0 Å². The molecule has 2 fully saturated rings. The molecule has 3 heterocycles. The molecule has 9 heteroatoms. The van der Waals surface area contributed by atoms with E-state index in [1.165, 1.54) is 0 Å². The van der Waals surface area contributed by atoms with Crippen LogP contribution in [0.25, 0.3) is 0 Å². The predicted molar refractivity (Wildman–Crippen MR) is 111 cm³/mol. The maximum Gasteiger partial charge on any atom is 0.225 e. The van der Waals surface area contributed by atoms with E-state index >= 15 is 0 Å². The number of rotatable bonds is 6. The zero-order valence-electron chi connectivity index (χ0n) is 16.4. The first kappa shape index (κ1) is 21.3. The highest BCUT2D eigenvalue weighted by atomic mass is 35.5. The zero-order chi connectivity index (χ0) is 20.1. The average Bonchev–Trinajstić information content (AvgIpc) is 2.72. The first-order valence-corrected chi connectivity index (χ1v) is 12.0. The second-order valence-electron chi connectivity index (χ2n) is 7.49. The highest BCUT2D eigenvalue weighted by Crippen LogP contribution is 2.24. The Kier molecular flexibility index (Phi) is 7.17. The van der Waals surface area contributed by atoms with Gasteiger partial charge in [0.25, 0.3) is 0 Å². The van der Waals surface area contributed by atoms with Crippen LogP contribution in [0.2, 0.25) is 5.02 Å². The second-order valence-corrected chi connectivity index (χ2v) is 10.0. The van der Waals surface area contributed by atoms with Crippen LogP contribution in [0, 0.1) is 5.92 Å². The topological polar surface area (TPSA) is 73.8 Å². The molecule has 0 saturated carbocycles. The number of nitrogens with zero attached hydrogens (tertiary/aromatic N) is 4. The van der Waals surface area contributed by atoms with Gasteiger partial charge in [0.05, 0.1) is 10.8 Å². The fourth-order valence-electron chi connectivity index (χ4n) is 3.81. The lowest BCUT2D eigenvalue weighted by molar-refractivity contribution is -0.137. The Morgan fingerprint density at radius 1 is 1.14 bits per heavy atom. The molecule has 0 atom stereocenters. The number of sulfonamides is 1. The van der Waals surface area contributed by atoms with Crippen molar-refractivity contribution >= 4 is 33.3 Å². The van der Waals surface area contributed by atoms with Gasteiger partial charge in [-0.3, -0.25) is 4.79 Å². The number of hydrogen-bond acceptors (Lipinski definition) is 5. The van der Waals surface area contributed by atoms with E-state index in [-0.39, 0.29) is 17.6 Å². The van der Waals surface area contributed by atoms with Crippen LogP contribution >= 0.6 is 11.6 Å². The van der Waals surface area contributed by atoms with E-state index in [1.807, 2.05) is 24.0 Å². The number of halogens is 1. The molecule has 0 spiro atoms. The molecule has 1 aromatic heterocycles. The summed E-state index contributed by atoms with van der Waals surface area (Å²) in [6.07, 6.45) is 4.42. The van der Waals surface area contributed by atoms with Crippen LogP contribution in [-0.2, 0) is 14.8 Å². The van der Waals surface area contributed by atoms with E-state index in [2.05, 4.69) is 9.88 Å². The quantitative estimate of drug-likeness (QED) is 0.694. The third-order valence-corrected chi connectivity index (χ3v) is 7.76. The summed E-state index contributed by atoms with van der Waals surface area (Å²) in [7, 11) is -3.18. The molecule has 0 bridgehead atoms. The van der Waals surface area contributed by atoms with Crippen molar-refractivity contribution in [3.05, 3.63) is 23.4 Å².